The summed E-state index contributed by atoms with van der Waals surface area (Å²) in [6, 6.07) is 3.97. The Morgan fingerprint density at radius 2 is 1.57 bits per heavy atom. The number of nitrogens with one attached hydrogen (secondary N) is 1. The Bertz CT molecular complexity index is 1250. The van der Waals surface area contributed by atoms with E-state index in [0.29, 0.717) is 12.1 Å². The van der Waals surface area contributed by atoms with Crippen LogP contribution < -0.4 is 5.32 Å². The molecule has 0 aliphatic rings. The Labute approximate surface area is 191 Å². The topological polar surface area (TPSA) is 103 Å². The van der Waals surface area contributed by atoms with Crippen molar-refractivity contribution >= 4 is 17.3 Å². The predicted molar refractivity (Wildman–Crippen MR) is 107 cm³/mol. The lowest BCUT2D eigenvalue weighted by atomic mass is 9.90. The van der Waals surface area contributed by atoms with Crippen molar-refractivity contribution in [2.24, 2.45) is 0 Å². The van der Waals surface area contributed by atoms with E-state index >= 15 is 0 Å². The van der Waals surface area contributed by atoms with Crippen LogP contribution in [0.4, 0.5) is 42.1 Å². The number of hydrogen-bond acceptors (Lipinski definition) is 5. The largest absolute Gasteiger partial charge is 0.435 e. The van der Waals surface area contributed by atoms with Crippen molar-refractivity contribution in [1.29, 1.82) is 0 Å². The monoisotopic (exact) mass is 505 g/mol. The number of halogens is 7. The quantitative estimate of drug-likeness (QED) is 0.287. The molecule has 0 bridgehead atoms. The van der Waals surface area contributed by atoms with Crippen LogP contribution in [0.5, 0.6) is 0 Å². The lowest BCUT2D eigenvalue weighted by molar-refractivity contribution is -0.384. The van der Waals surface area contributed by atoms with Crippen molar-refractivity contribution in [1.82, 2.24) is 14.8 Å². The zero-order valence-electron chi connectivity index (χ0n) is 17.7. The predicted octanol–water partition coefficient (Wildman–Crippen LogP) is 5.33. The summed E-state index contributed by atoms with van der Waals surface area (Å²) in [5, 5.41) is 17.5. The molecular weight excluding hydrogens is 491 g/mol. The zero-order valence-corrected chi connectivity index (χ0v) is 17.7. The second-order valence-electron chi connectivity index (χ2n) is 7.39. The van der Waals surface area contributed by atoms with Crippen LogP contribution in [0.2, 0.25) is 0 Å². The second-order valence-corrected chi connectivity index (χ2v) is 7.39. The molecule has 15 heteroatoms. The Hall–Kier alpha value is -4.04. The molecule has 3 aromatic rings. The lowest BCUT2D eigenvalue weighted by Crippen LogP contribution is -2.50. The minimum atomic E-state index is -6.29. The number of rotatable bonds is 5. The van der Waals surface area contributed by atoms with Gasteiger partial charge < -0.3 is 5.32 Å². The summed E-state index contributed by atoms with van der Waals surface area (Å²) in [4.78, 5) is 27.0. The number of nitro benzene ring substituents is 1. The van der Waals surface area contributed by atoms with Crippen molar-refractivity contribution in [2.45, 2.75) is 31.9 Å². The average molecular weight is 505 g/mol. The van der Waals surface area contributed by atoms with Crippen LogP contribution >= 0.6 is 0 Å². The Balaban J connectivity index is 1.99. The first-order valence-corrected chi connectivity index (χ1v) is 9.46. The van der Waals surface area contributed by atoms with Gasteiger partial charge in [0.1, 0.15) is 18.3 Å². The number of alkyl halides is 7. The molecule has 0 radical (unpaired) electrons. The van der Waals surface area contributed by atoms with Gasteiger partial charge in [-0.15, -0.1) is 0 Å². The van der Waals surface area contributed by atoms with E-state index in [-0.39, 0.29) is 28.1 Å². The summed E-state index contributed by atoms with van der Waals surface area (Å²) < 4.78 is 94.0. The highest BCUT2D eigenvalue weighted by atomic mass is 19.4. The first-order valence-electron chi connectivity index (χ1n) is 9.46. The molecule has 0 spiro atoms. The molecule has 1 amide bonds. The second kappa shape index (κ2) is 8.63. The minimum Gasteiger partial charge on any atom is -0.321 e. The highest BCUT2D eigenvalue weighted by Crippen LogP contribution is 2.53. The van der Waals surface area contributed by atoms with E-state index in [9.17, 15) is 45.6 Å². The number of amides is 1. The first kappa shape index (κ1) is 25.6. The number of carbonyl (C=O) groups excluding carboxylic acids is 1. The van der Waals surface area contributed by atoms with Crippen molar-refractivity contribution in [3.8, 4) is 5.69 Å². The maximum atomic E-state index is 14.4. The number of hydrogen-bond donors (Lipinski definition) is 1. The SMILES string of the molecule is Cc1cc(C(F)(C(F)(F)F)C(F)(F)F)cc(C)c1NC(=O)c1ccc(-n2cncn2)c([N+](=O)[O-])c1. The fourth-order valence-electron chi connectivity index (χ4n) is 3.37. The minimum absolute atomic E-state index is 0.0145. The molecule has 1 heterocycles. The molecular formula is C20H14F7N5O3. The van der Waals surface area contributed by atoms with Crippen LogP contribution in [0.15, 0.2) is 43.0 Å². The average Bonchev–Trinajstić information content (AvgIpc) is 3.28. The highest BCUT2D eigenvalue weighted by Gasteiger charge is 2.73. The summed E-state index contributed by atoms with van der Waals surface area (Å²) in [7, 11) is 0. The van der Waals surface area contributed by atoms with Crippen LogP contribution in [0.25, 0.3) is 5.69 Å². The molecule has 35 heavy (non-hydrogen) atoms. The molecule has 0 unspecified atom stereocenters. The molecule has 0 atom stereocenters. The molecule has 0 saturated carbocycles. The van der Waals surface area contributed by atoms with Gasteiger partial charge in [-0.25, -0.2) is 14.1 Å². The van der Waals surface area contributed by atoms with Gasteiger partial charge in [0, 0.05) is 22.9 Å². The third kappa shape index (κ3) is 4.52. The van der Waals surface area contributed by atoms with E-state index in [1.54, 1.807) is 0 Å². The number of benzene rings is 2. The number of carbonyl (C=O) groups is 1. The first-order chi connectivity index (χ1) is 16.1. The van der Waals surface area contributed by atoms with E-state index in [4.69, 9.17) is 0 Å². The van der Waals surface area contributed by atoms with Gasteiger partial charge in [0.25, 0.3) is 11.6 Å². The molecule has 0 fully saturated rings. The number of nitro groups is 1. The molecule has 1 aromatic heterocycles. The normalized spacial score (nSPS) is 12.5. The van der Waals surface area contributed by atoms with Gasteiger partial charge in [-0.3, -0.25) is 14.9 Å². The molecule has 3 rings (SSSR count). The van der Waals surface area contributed by atoms with Crippen molar-refractivity contribution in [3.05, 3.63) is 75.4 Å². The van der Waals surface area contributed by atoms with Gasteiger partial charge in [0.15, 0.2) is 0 Å². The summed E-state index contributed by atoms with van der Waals surface area (Å²) in [6.07, 6.45) is -10.3. The molecule has 2 aromatic carbocycles. The molecule has 0 aliphatic carbocycles. The lowest BCUT2D eigenvalue weighted by Gasteiger charge is -2.31. The Morgan fingerprint density at radius 1 is 1.00 bits per heavy atom. The number of nitrogens with zero attached hydrogens (tertiary/aromatic N) is 4. The molecule has 8 nitrogen and oxygen atoms in total. The zero-order chi connectivity index (χ0) is 26.3. The highest BCUT2D eigenvalue weighted by molar-refractivity contribution is 6.05. The van der Waals surface area contributed by atoms with Gasteiger partial charge in [-0.05, 0) is 37.1 Å². The molecule has 0 saturated heterocycles. The van der Waals surface area contributed by atoms with Gasteiger partial charge in [0.2, 0.25) is 0 Å². The van der Waals surface area contributed by atoms with E-state index in [0.717, 1.165) is 30.9 Å². The van der Waals surface area contributed by atoms with Crippen LogP contribution in [-0.4, -0.2) is 37.9 Å². The van der Waals surface area contributed by atoms with Gasteiger partial charge >= 0.3 is 18.0 Å². The summed E-state index contributed by atoms with van der Waals surface area (Å²) in [6.45, 7) is 2.16. The summed E-state index contributed by atoms with van der Waals surface area (Å²) in [5.41, 5.74) is -8.88. The number of anilines is 1. The Morgan fingerprint density at radius 3 is 2.03 bits per heavy atom. The van der Waals surface area contributed by atoms with E-state index in [1.165, 1.54) is 18.5 Å². The number of aryl methyl sites for hydroxylation is 2. The van der Waals surface area contributed by atoms with Crippen LogP contribution in [-0.2, 0) is 5.67 Å². The van der Waals surface area contributed by atoms with Crippen molar-refractivity contribution in [3.63, 3.8) is 0 Å². The van der Waals surface area contributed by atoms with E-state index < -0.39 is 40.1 Å². The molecule has 0 aliphatic heterocycles. The summed E-state index contributed by atoms with van der Waals surface area (Å²) in [5.74, 6) is -0.949. The summed E-state index contributed by atoms with van der Waals surface area (Å²) >= 11 is 0. The smallest absolute Gasteiger partial charge is 0.321 e. The fraction of sp³-hybridized carbons (Fsp3) is 0.250. The fourth-order valence-corrected chi connectivity index (χ4v) is 3.37. The van der Waals surface area contributed by atoms with Crippen molar-refractivity contribution < 1.29 is 40.5 Å². The van der Waals surface area contributed by atoms with E-state index in [1.807, 2.05) is 0 Å². The van der Waals surface area contributed by atoms with Gasteiger partial charge in [-0.2, -0.15) is 31.4 Å². The third-order valence-corrected chi connectivity index (χ3v) is 5.05. The molecule has 1 N–H and O–H groups in total. The maximum absolute atomic E-state index is 14.4. The maximum Gasteiger partial charge on any atom is 0.435 e. The van der Waals surface area contributed by atoms with Crippen LogP contribution in [0, 0.1) is 24.0 Å². The van der Waals surface area contributed by atoms with Crippen LogP contribution in [0.1, 0.15) is 27.0 Å². The third-order valence-electron chi connectivity index (χ3n) is 5.05. The van der Waals surface area contributed by atoms with Gasteiger partial charge in [-0.1, -0.05) is 12.1 Å². The number of aromatic nitrogens is 3. The van der Waals surface area contributed by atoms with Gasteiger partial charge in [0.05, 0.1) is 4.92 Å². The van der Waals surface area contributed by atoms with Crippen molar-refractivity contribution in [2.75, 3.05) is 5.32 Å². The Kier molecular flexibility index (Phi) is 6.31. The standard InChI is InChI=1S/C20H14F7N5O3/c1-10-5-13(18(21,19(22,23)24)20(25,26)27)6-11(2)16(10)30-17(33)12-3-4-14(15(7-12)32(34)35)31-9-28-8-29-31/h3-9H,1-2H3,(H,30,33). The van der Waals surface area contributed by atoms with E-state index in [2.05, 4.69) is 15.4 Å². The molecule has 186 valence electrons. The van der Waals surface area contributed by atoms with Crippen LogP contribution in [0.3, 0.4) is 0 Å².